The first-order valence-electron chi connectivity index (χ1n) is 9.76. The fourth-order valence-corrected chi connectivity index (χ4v) is 3.61. The van der Waals surface area contributed by atoms with Gasteiger partial charge in [0, 0.05) is 38.1 Å². The van der Waals surface area contributed by atoms with Crippen molar-refractivity contribution in [1.29, 1.82) is 0 Å². The standard InChI is InChI=1S/C21H27N5O.HI/c1-2-22-21(26-10-9-18-5-3-4-6-19(18)26)24-16-17-7-8-20(23-15-17)25-11-13-27-14-12-25;/h3-8,15H,2,9-14,16H2,1H3,(H,22,24);1H. The van der Waals surface area contributed by atoms with Crippen LogP contribution >= 0.6 is 24.0 Å². The number of nitrogens with one attached hydrogen (secondary N) is 1. The molecule has 1 aromatic carbocycles. The lowest BCUT2D eigenvalue weighted by Gasteiger charge is -2.27. The van der Waals surface area contributed by atoms with Gasteiger partial charge in [0.1, 0.15) is 5.82 Å². The molecule has 28 heavy (non-hydrogen) atoms. The van der Waals surface area contributed by atoms with Crippen LogP contribution in [0.2, 0.25) is 0 Å². The van der Waals surface area contributed by atoms with Gasteiger partial charge in [-0.2, -0.15) is 0 Å². The second-order valence-electron chi connectivity index (χ2n) is 6.82. The number of hydrogen-bond donors (Lipinski definition) is 1. The van der Waals surface area contributed by atoms with Crippen molar-refractivity contribution in [2.45, 2.75) is 19.9 Å². The molecule has 1 saturated heterocycles. The summed E-state index contributed by atoms with van der Waals surface area (Å²) in [6, 6.07) is 12.8. The van der Waals surface area contributed by atoms with Crippen LogP contribution in [0, 0.1) is 0 Å². The summed E-state index contributed by atoms with van der Waals surface area (Å²) < 4.78 is 5.41. The lowest BCUT2D eigenvalue weighted by atomic mass is 10.2. The van der Waals surface area contributed by atoms with Gasteiger partial charge in [-0.3, -0.25) is 0 Å². The van der Waals surface area contributed by atoms with Gasteiger partial charge in [0.15, 0.2) is 5.96 Å². The smallest absolute Gasteiger partial charge is 0.198 e. The minimum absolute atomic E-state index is 0. The summed E-state index contributed by atoms with van der Waals surface area (Å²) in [7, 11) is 0. The third-order valence-corrected chi connectivity index (χ3v) is 5.03. The Labute approximate surface area is 184 Å². The normalized spacial score (nSPS) is 16.5. The molecule has 6 nitrogen and oxygen atoms in total. The molecule has 0 aliphatic carbocycles. The molecule has 150 valence electrons. The fraction of sp³-hybridized carbons (Fsp3) is 0.429. The van der Waals surface area contributed by atoms with Crippen molar-refractivity contribution in [3.8, 4) is 0 Å². The Bertz CT molecular complexity index is 790. The highest BCUT2D eigenvalue weighted by Crippen LogP contribution is 2.27. The average molecular weight is 493 g/mol. The number of pyridine rings is 1. The highest BCUT2D eigenvalue weighted by atomic mass is 127. The van der Waals surface area contributed by atoms with E-state index in [1.807, 2.05) is 6.20 Å². The van der Waals surface area contributed by atoms with E-state index in [0.29, 0.717) is 6.54 Å². The van der Waals surface area contributed by atoms with Crippen LogP contribution in [0.3, 0.4) is 0 Å². The van der Waals surface area contributed by atoms with Crippen molar-refractivity contribution in [3.63, 3.8) is 0 Å². The van der Waals surface area contributed by atoms with E-state index in [-0.39, 0.29) is 24.0 Å². The molecule has 0 spiro atoms. The number of aromatic nitrogens is 1. The molecule has 0 radical (unpaired) electrons. The zero-order chi connectivity index (χ0) is 18.5. The molecule has 0 saturated carbocycles. The van der Waals surface area contributed by atoms with Gasteiger partial charge in [-0.15, -0.1) is 24.0 Å². The van der Waals surface area contributed by atoms with Gasteiger partial charge in [0.05, 0.1) is 19.8 Å². The maximum absolute atomic E-state index is 5.41. The Morgan fingerprint density at radius 2 is 1.96 bits per heavy atom. The third-order valence-electron chi connectivity index (χ3n) is 5.03. The first-order valence-corrected chi connectivity index (χ1v) is 9.76. The highest BCUT2D eigenvalue weighted by molar-refractivity contribution is 14.0. The summed E-state index contributed by atoms with van der Waals surface area (Å²) in [6.45, 7) is 7.92. The predicted molar refractivity (Wildman–Crippen MR) is 125 cm³/mol. The van der Waals surface area contributed by atoms with E-state index in [0.717, 1.165) is 63.2 Å². The van der Waals surface area contributed by atoms with Gasteiger partial charge in [0.2, 0.25) is 0 Å². The molecule has 3 heterocycles. The lowest BCUT2D eigenvalue weighted by Crippen LogP contribution is -2.40. The number of guanidine groups is 1. The monoisotopic (exact) mass is 493 g/mol. The number of halogens is 1. The minimum Gasteiger partial charge on any atom is -0.378 e. The van der Waals surface area contributed by atoms with Crippen molar-refractivity contribution in [1.82, 2.24) is 10.3 Å². The van der Waals surface area contributed by atoms with E-state index in [2.05, 4.69) is 63.4 Å². The Hall–Kier alpha value is -1.87. The van der Waals surface area contributed by atoms with Crippen molar-refractivity contribution in [2.24, 2.45) is 4.99 Å². The largest absolute Gasteiger partial charge is 0.378 e. The van der Waals surface area contributed by atoms with E-state index >= 15 is 0 Å². The molecule has 7 heteroatoms. The zero-order valence-electron chi connectivity index (χ0n) is 16.3. The molecule has 0 amide bonds. The molecule has 4 rings (SSSR count). The van der Waals surface area contributed by atoms with Crippen LogP contribution in [-0.4, -0.2) is 50.3 Å². The molecule has 0 unspecified atom stereocenters. The maximum atomic E-state index is 5.41. The average Bonchev–Trinajstić information content (AvgIpc) is 3.16. The Kier molecular flexibility index (Phi) is 7.50. The second kappa shape index (κ2) is 10.1. The zero-order valence-corrected chi connectivity index (χ0v) is 18.6. The number of para-hydroxylation sites is 1. The number of ether oxygens (including phenoxy) is 1. The van der Waals surface area contributed by atoms with Gasteiger partial charge in [-0.05, 0) is 36.6 Å². The van der Waals surface area contributed by atoms with Crippen LogP contribution < -0.4 is 15.1 Å². The molecular formula is C21H28IN5O. The Balaban J connectivity index is 0.00000225. The van der Waals surface area contributed by atoms with E-state index in [4.69, 9.17) is 9.73 Å². The van der Waals surface area contributed by atoms with Crippen LogP contribution in [0.5, 0.6) is 0 Å². The van der Waals surface area contributed by atoms with Gasteiger partial charge in [0.25, 0.3) is 0 Å². The molecule has 1 fully saturated rings. The quantitative estimate of drug-likeness (QED) is 0.403. The molecule has 2 aliphatic rings. The lowest BCUT2D eigenvalue weighted by molar-refractivity contribution is 0.122. The number of hydrogen-bond acceptors (Lipinski definition) is 4. The third kappa shape index (κ3) is 4.75. The first kappa shape index (κ1) is 20.9. The van der Waals surface area contributed by atoms with Crippen LogP contribution in [0.15, 0.2) is 47.6 Å². The highest BCUT2D eigenvalue weighted by Gasteiger charge is 2.22. The van der Waals surface area contributed by atoms with Gasteiger partial charge < -0.3 is 19.9 Å². The summed E-state index contributed by atoms with van der Waals surface area (Å²) in [5, 5.41) is 3.43. The number of benzene rings is 1. The van der Waals surface area contributed by atoms with Crippen molar-refractivity contribution < 1.29 is 4.74 Å². The SMILES string of the molecule is CCNC(=NCc1ccc(N2CCOCC2)nc1)N1CCc2ccccc21.I. The first-order chi connectivity index (χ1) is 13.3. The van der Waals surface area contributed by atoms with E-state index in [9.17, 15) is 0 Å². The van der Waals surface area contributed by atoms with Gasteiger partial charge in [-0.25, -0.2) is 9.98 Å². The minimum atomic E-state index is 0. The number of anilines is 2. The van der Waals surface area contributed by atoms with Gasteiger partial charge in [-0.1, -0.05) is 24.3 Å². The molecule has 0 atom stereocenters. The number of morpholine rings is 1. The van der Waals surface area contributed by atoms with E-state index in [1.54, 1.807) is 0 Å². The maximum Gasteiger partial charge on any atom is 0.198 e. The van der Waals surface area contributed by atoms with Crippen molar-refractivity contribution in [2.75, 3.05) is 49.2 Å². The molecule has 1 aromatic heterocycles. The predicted octanol–water partition coefficient (Wildman–Crippen LogP) is 3.06. The topological polar surface area (TPSA) is 53.0 Å². The Morgan fingerprint density at radius 3 is 2.71 bits per heavy atom. The van der Waals surface area contributed by atoms with Gasteiger partial charge >= 0.3 is 0 Å². The molecule has 2 aliphatic heterocycles. The summed E-state index contributed by atoms with van der Waals surface area (Å²) in [4.78, 5) is 14.0. The molecule has 2 aromatic rings. The number of nitrogens with zero attached hydrogens (tertiary/aromatic N) is 4. The fourth-order valence-electron chi connectivity index (χ4n) is 3.61. The van der Waals surface area contributed by atoms with E-state index < -0.39 is 0 Å². The summed E-state index contributed by atoms with van der Waals surface area (Å²) in [5.74, 6) is 1.96. The summed E-state index contributed by atoms with van der Waals surface area (Å²) in [6.07, 6.45) is 3.01. The number of rotatable bonds is 4. The van der Waals surface area contributed by atoms with Crippen LogP contribution in [0.4, 0.5) is 11.5 Å². The van der Waals surface area contributed by atoms with E-state index in [1.165, 1.54) is 11.3 Å². The van der Waals surface area contributed by atoms with Crippen LogP contribution in [-0.2, 0) is 17.7 Å². The van der Waals surface area contributed by atoms with Crippen LogP contribution in [0.1, 0.15) is 18.1 Å². The number of fused-ring (bicyclic) bond motifs is 1. The van der Waals surface area contributed by atoms with Crippen molar-refractivity contribution >= 4 is 41.4 Å². The molecular weight excluding hydrogens is 465 g/mol. The Morgan fingerprint density at radius 1 is 1.14 bits per heavy atom. The summed E-state index contributed by atoms with van der Waals surface area (Å²) in [5.41, 5.74) is 3.77. The molecule has 1 N–H and O–H groups in total. The summed E-state index contributed by atoms with van der Waals surface area (Å²) >= 11 is 0. The molecule has 0 bridgehead atoms. The number of aliphatic imine (C=N–C) groups is 1. The second-order valence-corrected chi connectivity index (χ2v) is 6.82. The van der Waals surface area contributed by atoms with Crippen molar-refractivity contribution in [3.05, 3.63) is 53.7 Å². The van der Waals surface area contributed by atoms with Crippen LogP contribution in [0.25, 0.3) is 0 Å².